The van der Waals surface area contributed by atoms with Gasteiger partial charge >= 0.3 is 0 Å². The van der Waals surface area contributed by atoms with Crippen molar-refractivity contribution in [2.75, 3.05) is 11.9 Å². The summed E-state index contributed by atoms with van der Waals surface area (Å²) in [5, 5.41) is 11.9. The molecule has 1 fully saturated rings. The molecule has 2 aromatic rings. The minimum atomic E-state index is 0.105. The van der Waals surface area contributed by atoms with Gasteiger partial charge in [0.2, 0.25) is 5.91 Å². The number of hydrogen-bond donors (Lipinski definition) is 2. The molecule has 2 atom stereocenters. The normalized spacial score (nSPS) is 22.4. The average Bonchev–Trinajstić information content (AvgIpc) is 2.89. The first-order valence-electron chi connectivity index (χ1n) is 7.67. The molecule has 0 spiro atoms. The zero-order valence-corrected chi connectivity index (χ0v) is 12.6. The maximum absolute atomic E-state index is 12.4. The summed E-state index contributed by atoms with van der Waals surface area (Å²) in [6, 6.07) is 6.38. The number of nitrogens with one attached hydrogen (secondary N) is 2. The smallest absolute Gasteiger partial charge is 0.227 e. The Balaban J connectivity index is 1.76. The highest BCUT2D eigenvalue weighted by atomic mass is 16.1. The van der Waals surface area contributed by atoms with Crippen LogP contribution in [0, 0.1) is 5.92 Å². The predicted octanol–water partition coefficient (Wildman–Crippen LogP) is 2.38. The van der Waals surface area contributed by atoms with Crippen molar-refractivity contribution in [3.63, 3.8) is 0 Å². The lowest BCUT2D eigenvalue weighted by Gasteiger charge is -2.27. The first-order chi connectivity index (χ1) is 10.2. The van der Waals surface area contributed by atoms with Gasteiger partial charge in [-0.25, -0.2) is 0 Å². The van der Waals surface area contributed by atoms with Crippen LogP contribution in [-0.2, 0) is 11.3 Å². The van der Waals surface area contributed by atoms with Crippen LogP contribution in [0.3, 0.4) is 0 Å². The molecule has 2 N–H and O–H groups in total. The van der Waals surface area contributed by atoms with E-state index in [-0.39, 0.29) is 11.8 Å². The molecule has 0 bridgehead atoms. The molecule has 0 radical (unpaired) electrons. The van der Waals surface area contributed by atoms with Crippen LogP contribution in [0.15, 0.2) is 24.4 Å². The molecule has 112 valence electrons. The molecule has 0 saturated carbocycles. The maximum Gasteiger partial charge on any atom is 0.227 e. The molecule has 2 heterocycles. The lowest BCUT2D eigenvalue weighted by molar-refractivity contribution is -0.120. The van der Waals surface area contributed by atoms with Crippen molar-refractivity contribution in [1.29, 1.82) is 0 Å². The van der Waals surface area contributed by atoms with Gasteiger partial charge in [0.25, 0.3) is 0 Å². The van der Waals surface area contributed by atoms with Crippen LogP contribution in [-0.4, -0.2) is 28.3 Å². The van der Waals surface area contributed by atoms with Crippen molar-refractivity contribution in [2.24, 2.45) is 5.92 Å². The van der Waals surface area contributed by atoms with E-state index in [1.165, 1.54) is 0 Å². The number of aromatic nitrogens is 2. The van der Waals surface area contributed by atoms with E-state index >= 15 is 0 Å². The fraction of sp³-hybridized carbons (Fsp3) is 0.500. The van der Waals surface area contributed by atoms with Crippen LogP contribution < -0.4 is 10.6 Å². The van der Waals surface area contributed by atoms with Gasteiger partial charge < -0.3 is 10.6 Å². The Morgan fingerprint density at radius 1 is 1.52 bits per heavy atom. The Kier molecular flexibility index (Phi) is 3.92. The quantitative estimate of drug-likeness (QED) is 0.911. The van der Waals surface area contributed by atoms with Crippen LogP contribution in [0.5, 0.6) is 0 Å². The molecule has 1 saturated heterocycles. The number of benzene rings is 1. The molecule has 1 aromatic carbocycles. The zero-order valence-electron chi connectivity index (χ0n) is 12.6. The summed E-state index contributed by atoms with van der Waals surface area (Å²) < 4.78 is 1.94. The van der Waals surface area contributed by atoms with E-state index in [1.54, 1.807) is 0 Å². The lowest BCUT2D eigenvalue weighted by Crippen LogP contribution is -2.40. The second kappa shape index (κ2) is 5.85. The molecule has 3 rings (SSSR count). The lowest BCUT2D eigenvalue weighted by atomic mass is 9.92. The highest BCUT2D eigenvalue weighted by Gasteiger charge is 2.24. The van der Waals surface area contributed by atoms with Crippen molar-refractivity contribution < 1.29 is 4.79 Å². The number of carbonyl (C=O) groups excluding carboxylic acids is 1. The Morgan fingerprint density at radius 2 is 2.38 bits per heavy atom. The second-order valence-electron chi connectivity index (χ2n) is 5.80. The summed E-state index contributed by atoms with van der Waals surface area (Å²) in [5.41, 5.74) is 1.92. The van der Waals surface area contributed by atoms with Gasteiger partial charge in [-0.2, -0.15) is 5.10 Å². The fourth-order valence-corrected chi connectivity index (χ4v) is 3.01. The van der Waals surface area contributed by atoms with E-state index in [0.717, 1.165) is 42.5 Å². The Bertz CT molecular complexity index is 649. The fourth-order valence-electron chi connectivity index (χ4n) is 3.01. The summed E-state index contributed by atoms with van der Waals surface area (Å²) in [6.07, 6.45) is 3.67. The molecule has 5 nitrogen and oxygen atoms in total. The summed E-state index contributed by atoms with van der Waals surface area (Å²) in [6.45, 7) is 5.94. The van der Waals surface area contributed by atoms with Gasteiger partial charge in [0.15, 0.2) is 0 Å². The number of amides is 1. The van der Waals surface area contributed by atoms with Gasteiger partial charge in [-0.15, -0.1) is 0 Å². The molecule has 21 heavy (non-hydrogen) atoms. The molecule has 1 aliphatic rings. The molecular formula is C16H22N4O. The molecular weight excluding hydrogens is 264 g/mol. The van der Waals surface area contributed by atoms with Crippen molar-refractivity contribution in [1.82, 2.24) is 15.1 Å². The Labute approximate surface area is 124 Å². The molecule has 1 aliphatic heterocycles. The number of nitrogens with zero attached hydrogens (tertiary/aromatic N) is 2. The van der Waals surface area contributed by atoms with E-state index < -0.39 is 0 Å². The van der Waals surface area contributed by atoms with Gasteiger partial charge in [-0.1, -0.05) is 0 Å². The van der Waals surface area contributed by atoms with Gasteiger partial charge in [-0.3, -0.25) is 9.48 Å². The molecule has 1 aromatic heterocycles. The van der Waals surface area contributed by atoms with Crippen LogP contribution in [0.2, 0.25) is 0 Å². The summed E-state index contributed by atoms with van der Waals surface area (Å²) >= 11 is 0. The van der Waals surface area contributed by atoms with Crippen molar-refractivity contribution in [3.05, 3.63) is 24.4 Å². The van der Waals surface area contributed by atoms with E-state index in [9.17, 15) is 4.79 Å². The molecule has 0 unspecified atom stereocenters. The van der Waals surface area contributed by atoms with Crippen molar-refractivity contribution in [2.45, 2.75) is 39.3 Å². The third kappa shape index (κ3) is 2.93. The first-order valence-corrected chi connectivity index (χ1v) is 7.67. The number of hydrogen-bond acceptors (Lipinski definition) is 3. The zero-order chi connectivity index (χ0) is 14.8. The summed E-state index contributed by atoms with van der Waals surface area (Å²) in [4.78, 5) is 12.4. The third-order valence-corrected chi connectivity index (χ3v) is 4.21. The summed E-state index contributed by atoms with van der Waals surface area (Å²) in [5.74, 6) is 0.235. The van der Waals surface area contributed by atoms with E-state index in [0.29, 0.717) is 6.04 Å². The Morgan fingerprint density at radius 3 is 3.14 bits per heavy atom. The topological polar surface area (TPSA) is 59.0 Å². The van der Waals surface area contributed by atoms with E-state index in [1.807, 2.05) is 29.1 Å². The van der Waals surface area contributed by atoms with E-state index in [4.69, 9.17) is 0 Å². The van der Waals surface area contributed by atoms with Gasteiger partial charge in [0.1, 0.15) is 0 Å². The van der Waals surface area contributed by atoms with Crippen molar-refractivity contribution >= 4 is 22.5 Å². The predicted molar refractivity (Wildman–Crippen MR) is 84.2 cm³/mol. The molecule has 1 amide bonds. The van der Waals surface area contributed by atoms with Crippen LogP contribution in [0.25, 0.3) is 10.9 Å². The highest BCUT2D eigenvalue weighted by molar-refractivity contribution is 5.95. The van der Waals surface area contributed by atoms with Crippen LogP contribution in [0.4, 0.5) is 5.69 Å². The van der Waals surface area contributed by atoms with Crippen LogP contribution in [0.1, 0.15) is 26.7 Å². The van der Waals surface area contributed by atoms with Gasteiger partial charge in [-0.05, 0) is 51.4 Å². The van der Waals surface area contributed by atoms with Gasteiger partial charge in [0, 0.05) is 29.6 Å². The number of rotatable bonds is 3. The minimum absolute atomic E-state index is 0.105. The highest BCUT2D eigenvalue weighted by Crippen LogP contribution is 2.22. The number of anilines is 1. The number of carbonyl (C=O) groups is 1. The average molecular weight is 286 g/mol. The largest absolute Gasteiger partial charge is 0.326 e. The van der Waals surface area contributed by atoms with Gasteiger partial charge in [0.05, 0.1) is 11.7 Å². The number of piperidine rings is 1. The van der Waals surface area contributed by atoms with Crippen molar-refractivity contribution in [3.8, 4) is 0 Å². The maximum atomic E-state index is 12.4. The number of fused-ring (bicyclic) bond motifs is 1. The third-order valence-electron chi connectivity index (χ3n) is 4.21. The van der Waals surface area contributed by atoms with Crippen LogP contribution >= 0.6 is 0 Å². The number of aryl methyl sites for hydroxylation is 1. The minimum Gasteiger partial charge on any atom is -0.326 e. The molecule has 0 aliphatic carbocycles. The molecule has 5 heteroatoms. The standard InChI is InChI=1S/C16H22N4O/c1-3-20-15-9-14(5-4-13(15)10-18-20)19-16(21)12-6-7-17-11(2)8-12/h4-5,9-12,17H,3,6-8H2,1-2H3,(H,19,21)/t11-,12-/m0/s1. The van der Waals surface area contributed by atoms with E-state index in [2.05, 4.69) is 29.6 Å². The second-order valence-corrected chi connectivity index (χ2v) is 5.80. The summed E-state index contributed by atoms with van der Waals surface area (Å²) in [7, 11) is 0. The monoisotopic (exact) mass is 286 g/mol. The SMILES string of the molecule is CCn1ncc2ccc(NC(=O)[C@H]3CCN[C@@H](C)C3)cc21. The first kappa shape index (κ1) is 14.1. The Hall–Kier alpha value is -1.88.